The topological polar surface area (TPSA) is 115 Å². The number of carbonyl (C=O) groups is 1. The van der Waals surface area contributed by atoms with Gasteiger partial charge in [-0.1, -0.05) is 24.0 Å². The Morgan fingerprint density at radius 3 is 2.52 bits per heavy atom. The summed E-state index contributed by atoms with van der Waals surface area (Å²) in [5, 5.41) is 0. The van der Waals surface area contributed by atoms with Gasteiger partial charge in [0.2, 0.25) is 15.9 Å². The summed E-state index contributed by atoms with van der Waals surface area (Å²) in [6.45, 7) is 3.18. The molecule has 0 heterocycles. The zero-order chi connectivity index (χ0) is 16.1. The minimum atomic E-state index is -3.79. The molecule has 1 rings (SSSR count). The minimum Gasteiger partial charge on any atom is -0.369 e. The van der Waals surface area contributed by atoms with Crippen LogP contribution in [0.3, 0.4) is 0 Å². The van der Waals surface area contributed by atoms with Crippen molar-refractivity contribution >= 4 is 15.9 Å². The first-order valence-electron chi connectivity index (χ1n) is 6.28. The molecule has 0 aliphatic carbocycles. The van der Waals surface area contributed by atoms with E-state index < -0.39 is 21.3 Å². The zero-order valence-corrected chi connectivity index (χ0v) is 12.8. The quantitative estimate of drug-likeness (QED) is 0.652. The molecular weight excluding hydrogens is 290 g/mol. The average molecular weight is 309 g/mol. The third kappa shape index (κ3) is 4.56. The van der Waals surface area contributed by atoms with Gasteiger partial charge in [-0.2, -0.15) is 0 Å². The highest BCUT2D eigenvalue weighted by molar-refractivity contribution is 7.89. The van der Waals surface area contributed by atoms with Gasteiger partial charge < -0.3 is 11.5 Å². The van der Waals surface area contributed by atoms with Crippen molar-refractivity contribution in [2.45, 2.75) is 18.7 Å². The second kappa shape index (κ2) is 6.72. The number of nitrogens with two attached hydrogens (primary N) is 2. The van der Waals surface area contributed by atoms with Gasteiger partial charge in [0.1, 0.15) is 0 Å². The monoisotopic (exact) mass is 309 g/mol. The summed E-state index contributed by atoms with van der Waals surface area (Å²) in [7, 11) is -3.79. The smallest absolute Gasteiger partial charge is 0.241 e. The number of hydrogen-bond acceptors (Lipinski definition) is 4. The molecule has 0 unspecified atom stereocenters. The summed E-state index contributed by atoms with van der Waals surface area (Å²) in [6, 6.07) is 6.32. The van der Waals surface area contributed by atoms with Crippen LogP contribution in [0.25, 0.3) is 0 Å². The summed E-state index contributed by atoms with van der Waals surface area (Å²) in [5.74, 6) is 4.75. The molecule has 5 N–H and O–H groups in total. The molecule has 0 atom stereocenters. The molecule has 21 heavy (non-hydrogen) atoms. The van der Waals surface area contributed by atoms with Crippen molar-refractivity contribution in [3.8, 4) is 11.8 Å². The van der Waals surface area contributed by atoms with E-state index in [-0.39, 0.29) is 18.0 Å². The number of hydrogen-bond donors (Lipinski definition) is 3. The fraction of sp³-hybridized carbons (Fsp3) is 0.357. The van der Waals surface area contributed by atoms with Crippen molar-refractivity contribution in [1.82, 2.24) is 4.72 Å². The van der Waals surface area contributed by atoms with E-state index in [1.807, 2.05) is 0 Å². The number of nitrogens with one attached hydrogen (secondary N) is 1. The van der Waals surface area contributed by atoms with E-state index >= 15 is 0 Å². The van der Waals surface area contributed by atoms with Gasteiger partial charge in [-0.3, -0.25) is 4.79 Å². The van der Waals surface area contributed by atoms with Crippen molar-refractivity contribution in [2.24, 2.45) is 16.9 Å². The number of benzene rings is 1. The maximum atomic E-state index is 12.3. The minimum absolute atomic E-state index is 0.0474. The van der Waals surface area contributed by atoms with Gasteiger partial charge in [0, 0.05) is 12.1 Å². The van der Waals surface area contributed by atoms with Crippen LogP contribution in [0.1, 0.15) is 19.4 Å². The summed E-state index contributed by atoms with van der Waals surface area (Å²) in [4.78, 5) is 11.3. The fourth-order valence-corrected chi connectivity index (χ4v) is 2.76. The molecule has 0 aliphatic rings. The molecule has 0 saturated carbocycles. The van der Waals surface area contributed by atoms with E-state index in [1.54, 1.807) is 32.0 Å². The van der Waals surface area contributed by atoms with Crippen LogP contribution in [0.15, 0.2) is 29.2 Å². The number of rotatable bonds is 5. The second-order valence-electron chi connectivity index (χ2n) is 5.07. The van der Waals surface area contributed by atoms with Gasteiger partial charge in [-0.15, -0.1) is 0 Å². The van der Waals surface area contributed by atoms with Crippen LogP contribution in [0.2, 0.25) is 0 Å². The summed E-state index contributed by atoms with van der Waals surface area (Å²) >= 11 is 0. The van der Waals surface area contributed by atoms with Crippen LogP contribution >= 0.6 is 0 Å². The maximum absolute atomic E-state index is 12.3. The summed E-state index contributed by atoms with van der Waals surface area (Å²) < 4.78 is 27.0. The van der Waals surface area contributed by atoms with E-state index in [0.717, 1.165) is 0 Å². The van der Waals surface area contributed by atoms with E-state index in [1.165, 1.54) is 6.07 Å². The first kappa shape index (κ1) is 17.2. The third-order valence-electron chi connectivity index (χ3n) is 2.87. The zero-order valence-electron chi connectivity index (χ0n) is 12.0. The Morgan fingerprint density at radius 2 is 1.95 bits per heavy atom. The van der Waals surface area contributed by atoms with Gasteiger partial charge in [0.15, 0.2) is 0 Å². The average Bonchev–Trinajstić information content (AvgIpc) is 2.43. The Morgan fingerprint density at radius 1 is 1.33 bits per heavy atom. The Labute approximate surface area is 125 Å². The number of primary amides is 1. The van der Waals surface area contributed by atoms with Crippen molar-refractivity contribution in [3.63, 3.8) is 0 Å². The second-order valence-corrected chi connectivity index (χ2v) is 6.81. The number of sulfonamides is 1. The maximum Gasteiger partial charge on any atom is 0.241 e. The molecule has 0 saturated heterocycles. The van der Waals surface area contributed by atoms with Crippen LogP contribution < -0.4 is 16.2 Å². The van der Waals surface area contributed by atoms with Crippen LogP contribution in [-0.2, 0) is 14.8 Å². The van der Waals surface area contributed by atoms with Gasteiger partial charge in [0.25, 0.3) is 0 Å². The van der Waals surface area contributed by atoms with E-state index in [2.05, 4.69) is 16.6 Å². The van der Waals surface area contributed by atoms with Gasteiger partial charge in [0.05, 0.1) is 16.9 Å². The van der Waals surface area contributed by atoms with Gasteiger partial charge in [-0.05, 0) is 26.0 Å². The molecule has 0 aromatic heterocycles. The molecule has 1 amide bonds. The van der Waals surface area contributed by atoms with Crippen molar-refractivity contribution < 1.29 is 13.2 Å². The normalized spacial score (nSPS) is 11.6. The molecule has 0 aliphatic heterocycles. The lowest BCUT2D eigenvalue weighted by molar-refractivity contribution is -0.125. The largest absolute Gasteiger partial charge is 0.369 e. The van der Waals surface area contributed by atoms with Crippen molar-refractivity contribution in [1.29, 1.82) is 0 Å². The van der Waals surface area contributed by atoms with Gasteiger partial charge >= 0.3 is 0 Å². The SMILES string of the molecule is CC(C)(CNS(=O)(=O)c1ccccc1C#CCN)C(N)=O. The lowest BCUT2D eigenvalue weighted by Crippen LogP contribution is -2.42. The standard InChI is InChI=1S/C14H19N3O3S/c1-14(2,13(16)18)10-17-21(19,20)12-8-4-3-6-11(12)7-5-9-15/h3-4,6,8,17H,9-10,15H2,1-2H3,(H2,16,18). The van der Waals surface area contributed by atoms with Gasteiger partial charge in [-0.25, -0.2) is 13.1 Å². The van der Waals surface area contributed by atoms with Crippen LogP contribution in [-0.4, -0.2) is 27.4 Å². The van der Waals surface area contributed by atoms with Crippen LogP contribution in [0, 0.1) is 17.3 Å². The fourth-order valence-electron chi connectivity index (χ4n) is 1.39. The third-order valence-corrected chi connectivity index (χ3v) is 4.33. The molecule has 6 nitrogen and oxygen atoms in total. The first-order valence-corrected chi connectivity index (χ1v) is 7.76. The predicted molar refractivity (Wildman–Crippen MR) is 80.5 cm³/mol. The number of carbonyl (C=O) groups excluding carboxylic acids is 1. The highest BCUT2D eigenvalue weighted by Crippen LogP contribution is 2.17. The Kier molecular flexibility index (Phi) is 5.49. The highest BCUT2D eigenvalue weighted by Gasteiger charge is 2.28. The lowest BCUT2D eigenvalue weighted by atomic mass is 9.93. The van der Waals surface area contributed by atoms with Crippen molar-refractivity contribution in [3.05, 3.63) is 29.8 Å². The highest BCUT2D eigenvalue weighted by atomic mass is 32.2. The molecule has 1 aromatic rings. The van der Waals surface area contributed by atoms with Crippen LogP contribution in [0.5, 0.6) is 0 Å². The van der Waals surface area contributed by atoms with E-state index in [4.69, 9.17) is 11.5 Å². The Bertz CT molecular complexity index is 685. The lowest BCUT2D eigenvalue weighted by Gasteiger charge is -2.20. The van der Waals surface area contributed by atoms with E-state index in [0.29, 0.717) is 5.56 Å². The Balaban J connectivity index is 3.07. The summed E-state index contributed by atoms with van der Waals surface area (Å²) in [6.07, 6.45) is 0. The molecule has 0 fully saturated rings. The van der Waals surface area contributed by atoms with Crippen molar-refractivity contribution in [2.75, 3.05) is 13.1 Å². The first-order chi connectivity index (χ1) is 9.70. The number of amides is 1. The summed E-state index contributed by atoms with van der Waals surface area (Å²) in [5.41, 5.74) is 9.89. The molecule has 1 aromatic carbocycles. The molecule has 0 radical (unpaired) electrons. The molecule has 114 valence electrons. The van der Waals surface area contributed by atoms with E-state index in [9.17, 15) is 13.2 Å². The molecular formula is C14H19N3O3S. The molecule has 0 bridgehead atoms. The van der Waals surface area contributed by atoms with Crippen LogP contribution in [0.4, 0.5) is 0 Å². The predicted octanol–water partition coefficient (Wildman–Crippen LogP) is -0.213. The molecule has 7 heteroatoms. The Hall–Kier alpha value is -1.88. The molecule has 0 spiro atoms.